The van der Waals surface area contributed by atoms with Crippen LogP contribution in [0.2, 0.25) is 0 Å². The van der Waals surface area contributed by atoms with Crippen molar-refractivity contribution < 1.29 is 9.94 Å². The summed E-state index contributed by atoms with van der Waals surface area (Å²) in [5.41, 5.74) is 4.11. The first-order chi connectivity index (χ1) is 10.2. The summed E-state index contributed by atoms with van der Waals surface area (Å²) in [4.78, 5) is 11.5. The minimum atomic E-state index is 0.361. The molecule has 21 heavy (non-hydrogen) atoms. The van der Waals surface area contributed by atoms with Gasteiger partial charge >= 0.3 is 0 Å². The van der Waals surface area contributed by atoms with E-state index in [1.165, 1.54) is 7.11 Å². The minimum absolute atomic E-state index is 0.361. The zero-order valence-electron chi connectivity index (χ0n) is 11.0. The Hall–Kier alpha value is -2.43. The van der Waals surface area contributed by atoms with E-state index >= 15 is 0 Å². The van der Waals surface area contributed by atoms with Crippen LogP contribution in [-0.4, -0.2) is 23.6 Å². The topological polar surface area (TPSA) is 71.1 Å². The minimum Gasteiger partial charge on any atom is -0.481 e. The lowest BCUT2D eigenvalue weighted by molar-refractivity contribution is 0.240. The van der Waals surface area contributed by atoms with E-state index in [-0.39, 0.29) is 0 Å². The molecule has 0 atom stereocenters. The molecule has 2 N–H and O–H groups in total. The molecule has 0 fully saturated rings. The molecule has 0 aliphatic rings. The highest BCUT2D eigenvalue weighted by atomic mass is 79.9. The number of nitrogens with one attached hydrogen (secondary N) is 1. The number of rotatable bonds is 4. The van der Waals surface area contributed by atoms with Crippen LogP contribution >= 0.6 is 15.9 Å². The molecule has 106 valence electrons. The van der Waals surface area contributed by atoms with Crippen molar-refractivity contribution in [2.24, 2.45) is 4.99 Å². The summed E-state index contributed by atoms with van der Waals surface area (Å²) in [5, 5.41) is 8.59. The lowest BCUT2D eigenvalue weighted by Gasteiger charge is -2.09. The summed E-state index contributed by atoms with van der Waals surface area (Å²) in [6, 6.07) is 8.91. The molecule has 0 bridgehead atoms. The third-order valence-corrected chi connectivity index (χ3v) is 3.46. The highest BCUT2D eigenvalue weighted by molar-refractivity contribution is 9.10. The van der Waals surface area contributed by atoms with Crippen molar-refractivity contribution >= 4 is 33.8 Å². The molecule has 2 aromatic rings. The van der Waals surface area contributed by atoms with Crippen LogP contribution in [0.25, 0.3) is 16.0 Å². The number of pyridine rings is 1. The van der Waals surface area contributed by atoms with Crippen molar-refractivity contribution in [3.8, 4) is 17.0 Å². The monoisotopic (exact) mass is 346 g/mol. The van der Waals surface area contributed by atoms with Gasteiger partial charge in [0.2, 0.25) is 5.88 Å². The summed E-state index contributed by atoms with van der Waals surface area (Å²) in [7, 11) is 1.51. The van der Waals surface area contributed by atoms with Crippen LogP contribution < -0.4 is 10.2 Å². The van der Waals surface area contributed by atoms with Gasteiger partial charge < -0.3 is 4.74 Å². The second kappa shape index (κ2) is 6.83. The van der Waals surface area contributed by atoms with Crippen LogP contribution in [0, 0.1) is 6.57 Å². The van der Waals surface area contributed by atoms with Gasteiger partial charge in [-0.3, -0.25) is 10.7 Å². The van der Waals surface area contributed by atoms with Gasteiger partial charge in [0.15, 0.2) is 11.5 Å². The van der Waals surface area contributed by atoms with E-state index in [1.807, 2.05) is 17.6 Å². The SMILES string of the molecule is [C-]#[N+]c1ccc(-c2cc(OC)nc(/N=C\NO)c2Br)cc1. The Balaban J connectivity index is 2.55. The van der Waals surface area contributed by atoms with E-state index in [9.17, 15) is 0 Å². The predicted molar refractivity (Wildman–Crippen MR) is 83.3 cm³/mol. The molecule has 1 aromatic heterocycles. The van der Waals surface area contributed by atoms with E-state index in [0.29, 0.717) is 21.9 Å². The quantitative estimate of drug-likeness (QED) is 0.383. The molecule has 6 nitrogen and oxygen atoms in total. The molecular formula is C14H11BrN4O2. The largest absolute Gasteiger partial charge is 0.481 e. The van der Waals surface area contributed by atoms with Crippen molar-refractivity contribution in [1.29, 1.82) is 0 Å². The Morgan fingerprint density at radius 1 is 1.43 bits per heavy atom. The Morgan fingerprint density at radius 2 is 2.14 bits per heavy atom. The molecule has 0 radical (unpaired) electrons. The van der Waals surface area contributed by atoms with Crippen molar-refractivity contribution in [2.75, 3.05) is 7.11 Å². The second-order valence-corrected chi connectivity index (χ2v) is 4.69. The standard InChI is InChI=1S/C14H11BrN4O2/c1-16-10-5-3-9(4-6-10)11-7-12(21-2)19-14(13(11)15)17-8-18-20/h3-8,20H,2H3,(H,17,18,19). The maximum Gasteiger partial charge on any atom is 0.215 e. The number of hydrogen-bond donors (Lipinski definition) is 2. The van der Waals surface area contributed by atoms with Crippen LogP contribution in [0.3, 0.4) is 0 Å². The van der Waals surface area contributed by atoms with Gasteiger partial charge in [-0.25, -0.2) is 9.84 Å². The number of halogens is 1. The van der Waals surface area contributed by atoms with Crippen LogP contribution in [0.4, 0.5) is 11.5 Å². The fraction of sp³-hybridized carbons (Fsp3) is 0.0714. The fourth-order valence-electron chi connectivity index (χ4n) is 1.70. The van der Waals surface area contributed by atoms with E-state index in [4.69, 9.17) is 16.5 Å². The predicted octanol–water partition coefficient (Wildman–Crippen LogP) is 3.71. The number of nitrogens with zero attached hydrogens (tertiary/aromatic N) is 3. The Morgan fingerprint density at radius 3 is 2.71 bits per heavy atom. The third-order valence-electron chi connectivity index (χ3n) is 2.68. The van der Waals surface area contributed by atoms with Gasteiger partial charge in [-0.05, 0) is 21.5 Å². The molecule has 7 heteroatoms. The van der Waals surface area contributed by atoms with Gasteiger partial charge in [0.05, 0.1) is 18.2 Å². The lowest BCUT2D eigenvalue weighted by Crippen LogP contribution is -2.01. The van der Waals surface area contributed by atoms with Crippen LogP contribution in [0.15, 0.2) is 39.8 Å². The molecule has 1 heterocycles. The Bertz CT molecular complexity index is 708. The van der Waals surface area contributed by atoms with Crippen molar-refractivity contribution in [2.45, 2.75) is 0 Å². The number of hydrogen-bond acceptors (Lipinski definition) is 4. The van der Waals surface area contributed by atoms with Crippen molar-refractivity contribution in [1.82, 2.24) is 10.5 Å². The highest BCUT2D eigenvalue weighted by Gasteiger charge is 2.12. The first-order valence-electron chi connectivity index (χ1n) is 5.84. The van der Waals surface area contributed by atoms with E-state index < -0.39 is 0 Å². The van der Waals surface area contributed by atoms with Crippen LogP contribution in [0.1, 0.15) is 0 Å². The second-order valence-electron chi connectivity index (χ2n) is 3.90. The number of hydroxylamine groups is 1. The van der Waals surface area contributed by atoms with Gasteiger partial charge in [-0.2, -0.15) is 4.98 Å². The normalized spacial score (nSPS) is 10.4. The molecule has 2 rings (SSSR count). The van der Waals surface area contributed by atoms with Gasteiger partial charge in [-0.1, -0.05) is 24.3 Å². The molecule has 1 aromatic carbocycles. The van der Waals surface area contributed by atoms with E-state index in [0.717, 1.165) is 17.5 Å². The summed E-state index contributed by atoms with van der Waals surface area (Å²) in [5.74, 6) is 0.757. The summed E-state index contributed by atoms with van der Waals surface area (Å²) >= 11 is 3.45. The summed E-state index contributed by atoms with van der Waals surface area (Å²) in [6.07, 6.45) is 1.11. The van der Waals surface area contributed by atoms with Crippen LogP contribution in [-0.2, 0) is 0 Å². The van der Waals surface area contributed by atoms with Crippen molar-refractivity contribution in [3.05, 3.63) is 46.2 Å². The first-order valence-corrected chi connectivity index (χ1v) is 6.63. The number of benzene rings is 1. The smallest absolute Gasteiger partial charge is 0.215 e. The Kier molecular flexibility index (Phi) is 4.87. The first kappa shape index (κ1) is 15.0. The molecule has 0 aliphatic heterocycles. The van der Waals surface area contributed by atoms with E-state index in [1.54, 1.807) is 18.2 Å². The zero-order chi connectivity index (χ0) is 15.2. The number of aliphatic imine (C=N–C) groups is 1. The summed E-state index contributed by atoms with van der Waals surface area (Å²) < 4.78 is 5.82. The number of aromatic nitrogens is 1. The van der Waals surface area contributed by atoms with Gasteiger partial charge in [0.25, 0.3) is 0 Å². The lowest BCUT2D eigenvalue weighted by atomic mass is 10.1. The maximum absolute atomic E-state index is 8.59. The fourth-order valence-corrected chi connectivity index (χ4v) is 2.23. The number of ether oxygens (including phenoxy) is 1. The molecular weight excluding hydrogens is 336 g/mol. The molecule has 0 saturated carbocycles. The van der Waals surface area contributed by atoms with Gasteiger partial charge in [-0.15, -0.1) is 0 Å². The van der Waals surface area contributed by atoms with Gasteiger partial charge in [0, 0.05) is 11.6 Å². The van der Waals surface area contributed by atoms with E-state index in [2.05, 4.69) is 30.8 Å². The zero-order valence-corrected chi connectivity index (χ0v) is 12.6. The maximum atomic E-state index is 8.59. The highest BCUT2D eigenvalue weighted by Crippen LogP contribution is 2.37. The average molecular weight is 347 g/mol. The average Bonchev–Trinajstić information content (AvgIpc) is 2.54. The molecule has 0 amide bonds. The van der Waals surface area contributed by atoms with Crippen molar-refractivity contribution in [3.63, 3.8) is 0 Å². The molecule has 0 spiro atoms. The molecule has 0 unspecified atom stereocenters. The van der Waals surface area contributed by atoms with Crippen LogP contribution in [0.5, 0.6) is 5.88 Å². The summed E-state index contributed by atoms with van der Waals surface area (Å²) in [6.45, 7) is 6.97. The van der Waals surface area contributed by atoms with Gasteiger partial charge in [0.1, 0.15) is 6.34 Å². The molecule has 0 saturated heterocycles. The third kappa shape index (κ3) is 3.37. The Labute approximate surface area is 130 Å². The molecule has 0 aliphatic carbocycles. The number of methoxy groups -OCH3 is 1.